The molecule has 2 aromatic carbocycles. The summed E-state index contributed by atoms with van der Waals surface area (Å²) in [6, 6.07) is 15.8. The Morgan fingerprint density at radius 2 is 2.06 bits per heavy atom. The monoisotopic (exact) mass is 232 g/mol. The maximum atomic E-state index is 9.05. The number of aromatic nitrogens is 2. The molecule has 0 aliphatic rings. The van der Waals surface area contributed by atoms with Crippen LogP contribution >= 0.6 is 0 Å². The molecule has 0 bridgehead atoms. The zero-order valence-electron chi connectivity index (χ0n) is 9.59. The van der Waals surface area contributed by atoms with Crippen LogP contribution in [0.3, 0.4) is 0 Å². The van der Waals surface area contributed by atoms with Gasteiger partial charge in [0.25, 0.3) is 0 Å². The summed E-state index contributed by atoms with van der Waals surface area (Å²) in [7, 11) is 0. The van der Waals surface area contributed by atoms with Crippen LogP contribution in [0.15, 0.2) is 48.7 Å². The number of benzene rings is 2. The van der Waals surface area contributed by atoms with Gasteiger partial charge in [-0.1, -0.05) is 24.3 Å². The minimum Gasteiger partial charge on any atom is -0.278 e. The van der Waals surface area contributed by atoms with Crippen molar-refractivity contribution in [2.24, 2.45) is 0 Å². The van der Waals surface area contributed by atoms with Crippen molar-refractivity contribution >= 4 is 10.9 Å². The molecule has 0 fully saturated rings. The lowest BCUT2D eigenvalue weighted by Gasteiger charge is -2.03. The van der Waals surface area contributed by atoms with Crippen LogP contribution in [0.5, 0.6) is 0 Å². The van der Waals surface area contributed by atoms with E-state index in [0.717, 1.165) is 22.0 Å². The molecule has 0 aliphatic carbocycles. The van der Waals surface area contributed by atoms with E-state index in [1.165, 1.54) is 0 Å². The summed E-state index contributed by atoms with van der Waals surface area (Å²) in [6.07, 6.45) is 3.80. The molecule has 3 aromatic rings. The topological polar surface area (TPSA) is 52.5 Å². The van der Waals surface area contributed by atoms with E-state index in [1.807, 2.05) is 48.9 Å². The predicted octanol–water partition coefficient (Wildman–Crippen LogP) is 3.04. The average molecular weight is 232 g/mol. The molecule has 0 atom stereocenters. The van der Waals surface area contributed by atoms with Crippen LogP contribution in [-0.4, -0.2) is 10.2 Å². The molecule has 0 amide bonds. The van der Waals surface area contributed by atoms with Crippen molar-refractivity contribution in [3.63, 3.8) is 0 Å². The lowest BCUT2D eigenvalue weighted by molar-refractivity contribution is 1.12. The van der Waals surface area contributed by atoms with Gasteiger partial charge in [0, 0.05) is 11.8 Å². The van der Waals surface area contributed by atoms with Crippen molar-refractivity contribution in [2.45, 2.75) is 0 Å². The number of rotatable bonds is 2. The van der Waals surface area contributed by atoms with E-state index < -0.39 is 0 Å². The first-order chi connectivity index (χ1) is 8.86. The summed E-state index contributed by atoms with van der Waals surface area (Å²) < 4.78 is 0. The van der Waals surface area contributed by atoms with Gasteiger partial charge in [0.2, 0.25) is 0 Å². The van der Waals surface area contributed by atoms with Gasteiger partial charge in [0.05, 0.1) is 23.3 Å². The summed E-state index contributed by atoms with van der Waals surface area (Å²) in [6.45, 7) is 0. The van der Waals surface area contributed by atoms with E-state index in [4.69, 9.17) is 5.26 Å². The summed E-state index contributed by atoms with van der Waals surface area (Å²) in [5, 5.41) is 17.0. The second kappa shape index (κ2) is 4.34. The first-order valence-corrected chi connectivity index (χ1v) is 5.64. The van der Waals surface area contributed by atoms with Gasteiger partial charge in [-0.05, 0) is 29.3 Å². The van der Waals surface area contributed by atoms with Crippen LogP contribution in [0, 0.1) is 17.8 Å². The Morgan fingerprint density at radius 3 is 2.94 bits per heavy atom. The standard InChI is InChI=1S/C15H10N3/c16-9-13-4-2-1-3-12(13)7-11-5-6-15-14(8-11)10-17-18-15/h1-8,10H,(H,17,18). The first-order valence-electron chi connectivity index (χ1n) is 5.64. The summed E-state index contributed by atoms with van der Waals surface area (Å²) in [4.78, 5) is 0. The van der Waals surface area contributed by atoms with Gasteiger partial charge in [-0.25, -0.2) is 0 Å². The molecule has 0 saturated carbocycles. The van der Waals surface area contributed by atoms with Crippen molar-refractivity contribution in [1.82, 2.24) is 10.2 Å². The van der Waals surface area contributed by atoms with Gasteiger partial charge in [-0.15, -0.1) is 0 Å². The molecule has 0 spiro atoms. The number of nitriles is 1. The molecule has 1 N–H and O–H groups in total. The molecule has 3 rings (SSSR count). The summed E-state index contributed by atoms with van der Waals surface area (Å²) >= 11 is 0. The molecule has 0 saturated heterocycles. The van der Waals surface area contributed by atoms with E-state index in [1.54, 1.807) is 6.20 Å². The Labute approximate surface area is 105 Å². The SMILES string of the molecule is N#Cc1ccccc1[CH]c1ccc2[nH]ncc2c1. The normalized spacial score (nSPS) is 10.4. The molecular formula is C15H10N3. The average Bonchev–Trinajstić information content (AvgIpc) is 2.87. The van der Waals surface area contributed by atoms with Crippen molar-refractivity contribution in [3.05, 3.63) is 71.8 Å². The lowest BCUT2D eigenvalue weighted by Crippen LogP contribution is -1.89. The van der Waals surface area contributed by atoms with Crippen molar-refractivity contribution in [2.75, 3.05) is 0 Å². The van der Waals surface area contributed by atoms with Gasteiger partial charge in [-0.3, -0.25) is 5.10 Å². The highest BCUT2D eigenvalue weighted by atomic mass is 15.1. The predicted molar refractivity (Wildman–Crippen MR) is 69.8 cm³/mol. The summed E-state index contributed by atoms with van der Waals surface area (Å²) in [5.41, 5.74) is 3.69. The fraction of sp³-hybridized carbons (Fsp3) is 0. The third-order valence-corrected chi connectivity index (χ3v) is 2.87. The van der Waals surface area contributed by atoms with Gasteiger partial charge < -0.3 is 0 Å². The van der Waals surface area contributed by atoms with E-state index in [0.29, 0.717) is 5.56 Å². The third kappa shape index (κ3) is 1.85. The van der Waals surface area contributed by atoms with E-state index in [9.17, 15) is 0 Å². The molecule has 85 valence electrons. The smallest absolute Gasteiger partial charge is 0.0994 e. The molecular weight excluding hydrogens is 222 g/mol. The van der Waals surface area contributed by atoms with Crippen molar-refractivity contribution < 1.29 is 0 Å². The van der Waals surface area contributed by atoms with Crippen molar-refractivity contribution in [3.8, 4) is 6.07 Å². The highest BCUT2D eigenvalue weighted by Crippen LogP contribution is 2.19. The molecule has 1 radical (unpaired) electrons. The zero-order chi connectivity index (χ0) is 12.4. The number of fused-ring (bicyclic) bond motifs is 1. The highest BCUT2D eigenvalue weighted by Gasteiger charge is 2.04. The molecule has 18 heavy (non-hydrogen) atoms. The van der Waals surface area contributed by atoms with E-state index in [-0.39, 0.29) is 0 Å². The molecule has 3 nitrogen and oxygen atoms in total. The van der Waals surface area contributed by atoms with Crippen LogP contribution in [0.25, 0.3) is 10.9 Å². The first kappa shape index (κ1) is 10.5. The molecule has 1 heterocycles. The maximum Gasteiger partial charge on any atom is 0.0994 e. The second-order valence-electron chi connectivity index (χ2n) is 4.06. The van der Waals surface area contributed by atoms with Gasteiger partial charge in [-0.2, -0.15) is 10.4 Å². The number of nitrogens with zero attached hydrogens (tertiary/aromatic N) is 2. The van der Waals surface area contributed by atoms with Gasteiger partial charge in [0.15, 0.2) is 0 Å². The van der Waals surface area contributed by atoms with Crippen LogP contribution in [0.4, 0.5) is 0 Å². The minimum absolute atomic E-state index is 0.685. The van der Waals surface area contributed by atoms with Crippen molar-refractivity contribution in [1.29, 1.82) is 5.26 Å². The fourth-order valence-corrected chi connectivity index (χ4v) is 1.96. The fourth-order valence-electron chi connectivity index (χ4n) is 1.96. The molecule has 0 aliphatic heterocycles. The van der Waals surface area contributed by atoms with Crippen LogP contribution in [0.1, 0.15) is 16.7 Å². The number of nitrogens with one attached hydrogen (secondary N) is 1. The Bertz CT molecular complexity index is 735. The summed E-state index contributed by atoms with van der Waals surface area (Å²) in [5.74, 6) is 0. The van der Waals surface area contributed by atoms with Gasteiger partial charge in [0.1, 0.15) is 0 Å². The maximum absolute atomic E-state index is 9.05. The largest absolute Gasteiger partial charge is 0.278 e. The van der Waals surface area contributed by atoms with E-state index >= 15 is 0 Å². The Balaban J connectivity index is 1.98. The number of aromatic amines is 1. The third-order valence-electron chi connectivity index (χ3n) is 2.87. The lowest BCUT2D eigenvalue weighted by atomic mass is 10.00. The molecule has 3 heteroatoms. The quantitative estimate of drug-likeness (QED) is 0.738. The van der Waals surface area contributed by atoms with Crippen LogP contribution in [-0.2, 0) is 0 Å². The number of hydrogen-bond acceptors (Lipinski definition) is 2. The van der Waals surface area contributed by atoms with E-state index in [2.05, 4.69) is 16.3 Å². The molecule has 0 unspecified atom stereocenters. The number of H-pyrrole nitrogens is 1. The van der Waals surface area contributed by atoms with Crippen LogP contribution < -0.4 is 0 Å². The van der Waals surface area contributed by atoms with Crippen LogP contribution in [0.2, 0.25) is 0 Å². The Kier molecular flexibility index (Phi) is 2.54. The minimum atomic E-state index is 0.685. The van der Waals surface area contributed by atoms with Gasteiger partial charge >= 0.3 is 0 Å². The Morgan fingerprint density at radius 1 is 1.17 bits per heavy atom. The highest BCUT2D eigenvalue weighted by molar-refractivity contribution is 5.79. The zero-order valence-corrected chi connectivity index (χ0v) is 9.59. The Hall–Kier alpha value is -2.60. The molecule has 1 aromatic heterocycles. The second-order valence-corrected chi connectivity index (χ2v) is 4.06. The number of hydrogen-bond donors (Lipinski definition) is 1.